The predicted octanol–water partition coefficient (Wildman–Crippen LogP) is 0.947. The van der Waals surface area contributed by atoms with E-state index in [2.05, 4.69) is 0 Å². The normalized spacial score (nSPS) is 17.5. The molecular weight excluding hydrogens is 660 g/mol. The van der Waals surface area contributed by atoms with Gasteiger partial charge in [0.05, 0.1) is 16.5 Å². The molecular formula is C29H26N4O12S2. The number of amides is 2. The molecule has 1 aromatic carbocycles. The van der Waals surface area contributed by atoms with Crippen molar-refractivity contribution < 1.29 is 51.5 Å². The highest BCUT2D eigenvalue weighted by Crippen LogP contribution is 2.47. The van der Waals surface area contributed by atoms with Crippen LogP contribution < -0.4 is 21.4 Å². The molecule has 0 spiro atoms. The average Bonchev–Trinajstić information content (AvgIpc) is 3.76. The summed E-state index contributed by atoms with van der Waals surface area (Å²) < 4.78 is 44.9. The lowest BCUT2D eigenvalue weighted by Crippen LogP contribution is -2.36. The Bertz CT molecular complexity index is 2140. The Labute approximate surface area is 269 Å². The van der Waals surface area contributed by atoms with Crippen LogP contribution >= 0.6 is 11.8 Å². The fraction of sp³-hybridized carbons (Fsp3) is 0.207. The van der Waals surface area contributed by atoms with Crippen molar-refractivity contribution in [1.82, 2.24) is 14.0 Å². The Kier molecular flexibility index (Phi) is 9.27. The summed E-state index contributed by atoms with van der Waals surface area (Å²) in [6.45, 7) is -0.113. The third-order valence-electron chi connectivity index (χ3n) is 6.79. The minimum atomic E-state index is -4.18. The monoisotopic (exact) mass is 686 g/mol. The number of allylic oxidation sites excluding steroid dienone is 3. The van der Waals surface area contributed by atoms with Gasteiger partial charge in [0.2, 0.25) is 0 Å². The maximum Gasteiger partial charge on any atom is 0.423 e. The number of carboxylic acids is 2. The Morgan fingerprint density at radius 2 is 1.72 bits per heavy atom. The molecule has 5 rings (SSSR count). The SMILES string of the molecule is CC(=CC=C1Sc2ccc(-n3cccc3)cc2N1CCCS(=O)(=O)O)C=c1o/c(=C2/OC(=O)N(CC(=O)O)C2=O)n(CC(=O)O)c1=O. The van der Waals surface area contributed by atoms with E-state index in [4.69, 9.17) is 14.3 Å². The molecule has 0 saturated carbocycles. The maximum absolute atomic E-state index is 13.1. The van der Waals surface area contributed by atoms with Gasteiger partial charge in [-0.2, -0.15) is 8.42 Å². The molecule has 2 aliphatic heterocycles. The summed E-state index contributed by atoms with van der Waals surface area (Å²) in [6.07, 6.45) is 7.19. The molecule has 0 unspecified atom stereocenters. The number of benzene rings is 1. The Balaban J connectivity index is 1.52. The maximum atomic E-state index is 13.1. The highest BCUT2D eigenvalue weighted by molar-refractivity contribution is 8.03. The molecule has 1 saturated heterocycles. The van der Waals surface area contributed by atoms with E-state index < -0.39 is 75.2 Å². The number of hydrogen-bond acceptors (Lipinski definition) is 11. The van der Waals surface area contributed by atoms with Gasteiger partial charge in [-0.1, -0.05) is 17.8 Å². The molecule has 246 valence electrons. The number of thioether (sulfide) groups is 1. The zero-order valence-corrected chi connectivity index (χ0v) is 26.1. The van der Waals surface area contributed by atoms with Crippen LogP contribution in [0.4, 0.5) is 10.5 Å². The lowest BCUT2D eigenvalue weighted by atomic mass is 10.2. The number of fused-ring (bicyclic) bond motifs is 1. The van der Waals surface area contributed by atoms with Crippen LogP contribution in [0.1, 0.15) is 13.3 Å². The van der Waals surface area contributed by atoms with E-state index in [0.29, 0.717) is 15.2 Å². The summed E-state index contributed by atoms with van der Waals surface area (Å²) in [5.74, 6) is -5.47. The Morgan fingerprint density at radius 3 is 2.38 bits per heavy atom. The number of carboxylic acid groups (broad SMARTS) is 2. The molecule has 0 radical (unpaired) electrons. The molecule has 16 nitrogen and oxygen atoms in total. The number of carbonyl (C=O) groups is 4. The number of aromatic nitrogens is 2. The van der Waals surface area contributed by atoms with E-state index in [0.717, 1.165) is 16.3 Å². The summed E-state index contributed by atoms with van der Waals surface area (Å²) >= 11 is 1.41. The third-order valence-corrected chi connectivity index (χ3v) is 8.72. The van der Waals surface area contributed by atoms with Gasteiger partial charge in [0.1, 0.15) is 13.1 Å². The second-order valence-electron chi connectivity index (χ2n) is 10.2. The van der Waals surface area contributed by atoms with Crippen LogP contribution in [0.5, 0.6) is 0 Å². The van der Waals surface area contributed by atoms with E-state index in [1.165, 1.54) is 17.8 Å². The average molecular weight is 687 g/mol. The van der Waals surface area contributed by atoms with Crippen molar-refractivity contribution in [3.63, 3.8) is 0 Å². The number of hydrogen-bond donors (Lipinski definition) is 3. The molecule has 3 aromatic rings. The third kappa shape index (κ3) is 7.40. The zero-order valence-electron chi connectivity index (χ0n) is 24.4. The summed E-state index contributed by atoms with van der Waals surface area (Å²) in [4.78, 5) is 63.5. The molecule has 0 bridgehead atoms. The van der Waals surface area contributed by atoms with Crippen molar-refractivity contribution in [3.8, 4) is 5.69 Å². The Hall–Kier alpha value is -5.33. The number of aliphatic carboxylic acids is 2. The van der Waals surface area contributed by atoms with Gasteiger partial charge < -0.3 is 28.8 Å². The highest BCUT2D eigenvalue weighted by Gasteiger charge is 2.40. The van der Waals surface area contributed by atoms with Crippen LogP contribution in [0.25, 0.3) is 17.5 Å². The van der Waals surface area contributed by atoms with Crippen molar-refractivity contribution >= 4 is 63.3 Å². The first-order valence-corrected chi connectivity index (χ1v) is 16.1. The molecule has 3 N–H and O–H groups in total. The smallest absolute Gasteiger partial charge is 0.423 e. The van der Waals surface area contributed by atoms with Gasteiger partial charge in [0.25, 0.3) is 27.0 Å². The van der Waals surface area contributed by atoms with Crippen molar-refractivity contribution in [2.75, 3.05) is 23.7 Å². The minimum Gasteiger partial charge on any atom is -0.480 e. The van der Waals surface area contributed by atoms with Gasteiger partial charge in [-0.15, -0.1) is 0 Å². The van der Waals surface area contributed by atoms with Crippen molar-refractivity contribution in [1.29, 1.82) is 0 Å². The second kappa shape index (κ2) is 13.2. The highest BCUT2D eigenvalue weighted by atomic mass is 32.2. The molecule has 1 fully saturated rings. The standard InChI is InChI=1S/C29H26N4O12S2/c1-17(13-20-26(38)32(15-23(34)35)28(44-20)25-27(39)33(16-24(36)37)29(40)45-25)5-8-22-31(11-4-12-47(41,42)43)19-14-18(6-7-21(19)46-22)30-9-2-3-10-30/h2-3,5-10,13-14H,4,11-12,15-16H2,1H3,(H,34,35)(H,36,37)(H,41,42,43)/b17-5?,20-13?,22-8?,28-25+. The number of rotatable bonds is 11. The van der Waals surface area contributed by atoms with Gasteiger partial charge in [-0.25, -0.2) is 9.69 Å². The fourth-order valence-electron chi connectivity index (χ4n) is 4.74. The number of oxazole rings is 1. The largest absolute Gasteiger partial charge is 0.480 e. The fourth-order valence-corrected chi connectivity index (χ4v) is 6.30. The number of carbonyl (C=O) groups excluding carboxylic acids is 2. The summed E-state index contributed by atoms with van der Waals surface area (Å²) in [6, 6.07) is 9.56. The first-order valence-electron chi connectivity index (χ1n) is 13.7. The minimum absolute atomic E-state index is 0.128. The first-order chi connectivity index (χ1) is 22.2. The molecule has 0 aliphatic carbocycles. The summed E-state index contributed by atoms with van der Waals surface area (Å²) in [5, 5.41) is 19.0. The molecule has 2 amide bonds. The van der Waals surface area contributed by atoms with Gasteiger partial charge in [-0.05, 0) is 61.4 Å². The second-order valence-corrected chi connectivity index (χ2v) is 12.9. The van der Waals surface area contributed by atoms with E-state index in [1.54, 1.807) is 19.1 Å². The topological polar surface area (TPSA) is 219 Å². The van der Waals surface area contributed by atoms with Crippen LogP contribution in [0.3, 0.4) is 0 Å². The number of ether oxygens (including phenoxy) is 1. The van der Waals surface area contributed by atoms with E-state index in [1.807, 2.05) is 52.2 Å². The van der Waals surface area contributed by atoms with E-state index in [9.17, 15) is 42.0 Å². The van der Waals surface area contributed by atoms with Gasteiger partial charge in [0, 0.05) is 29.5 Å². The molecule has 2 aliphatic rings. The number of cyclic esters (lactones) is 1. The predicted molar refractivity (Wildman–Crippen MR) is 165 cm³/mol. The molecule has 47 heavy (non-hydrogen) atoms. The lowest BCUT2D eigenvalue weighted by molar-refractivity contribution is -0.140. The Morgan fingerprint density at radius 1 is 1.02 bits per heavy atom. The van der Waals surface area contributed by atoms with Crippen LogP contribution in [-0.4, -0.2) is 80.0 Å². The molecule has 4 heterocycles. The molecule has 2 aromatic heterocycles. The van der Waals surface area contributed by atoms with Crippen LogP contribution in [-0.2, 0) is 35.8 Å². The molecule has 0 atom stereocenters. The van der Waals surface area contributed by atoms with Crippen LogP contribution in [0.15, 0.2) is 79.6 Å². The van der Waals surface area contributed by atoms with Crippen LogP contribution in [0, 0.1) is 0 Å². The number of anilines is 1. The summed E-state index contributed by atoms with van der Waals surface area (Å²) in [5.41, 5.74) is 0.0957. The molecule has 18 heteroatoms. The number of nitrogens with zero attached hydrogens (tertiary/aromatic N) is 4. The first kappa shape index (κ1) is 33.0. The number of imide groups is 1. The van der Waals surface area contributed by atoms with Crippen molar-refractivity contribution in [2.24, 2.45) is 0 Å². The van der Waals surface area contributed by atoms with Crippen molar-refractivity contribution in [3.05, 3.63) is 86.8 Å². The van der Waals surface area contributed by atoms with E-state index >= 15 is 0 Å². The quantitative estimate of drug-likeness (QED) is 0.239. The van der Waals surface area contributed by atoms with Crippen molar-refractivity contribution in [2.45, 2.75) is 24.8 Å². The summed E-state index contributed by atoms with van der Waals surface area (Å²) in [7, 11) is -4.18. The van der Waals surface area contributed by atoms with E-state index in [-0.39, 0.29) is 17.9 Å². The van der Waals surface area contributed by atoms with Gasteiger partial charge in [0.15, 0.2) is 5.42 Å². The van der Waals surface area contributed by atoms with Gasteiger partial charge >= 0.3 is 23.9 Å². The van der Waals surface area contributed by atoms with Gasteiger partial charge in [-0.3, -0.25) is 28.3 Å². The lowest BCUT2D eigenvalue weighted by Gasteiger charge is -2.20. The zero-order chi connectivity index (χ0) is 34.0. The van der Waals surface area contributed by atoms with Crippen LogP contribution in [0.2, 0.25) is 0 Å².